The number of anilines is 1. The highest BCUT2D eigenvalue weighted by Gasteiger charge is 2.50. The number of nitrogens with one attached hydrogen (secondary N) is 1. The van der Waals surface area contributed by atoms with Gasteiger partial charge < -0.3 is 0 Å². The normalized spacial score (nSPS) is 18.2. The van der Waals surface area contributed by atoms with E-state index in [1.807, 2.05) is 31.2 Å². The Hall–Kier alpha value is -2.23. The molecule has 7 nitrogen and oxygen atoms in total. The zero-order chi connectivity index (χ0) is 21.6. The molecule has 0 saturated carbocycles. The van der Waals surface area contributed by atoms with Crippen LogP contribution < -0.4 is 9.03 Å². The molecule has 1 N–H and O–H groups in total. The maximum Gasteiger partial charge on any atom is 0.247 e. The van der Waals surface area contributed by atoms with Gasteiger partial charge in [-0.2, -0.15) is 0 Å². The quantitative estimate of drug-likeness (QED) is 0.776. The molecule has 1 amide bonds. The van der Waals surface area contributed by atoms with Crippen LogP contribution in [-0.4, -0.2) is 28.5 Å². The van der Waals surface area contributed by atoms with E-state index in [0.717, 1.165) is 15.4 Å². The fraction of sp³-hybridized carbons (Fsp3) is 0.350. The van der Waals surface area contributed by atoms with E-state index >= 15 is 0 Å². The fourth-order valence-corrected chi connectivity index (χ4v) is 6.63. The van der Waals surface area contributed by atoms with Crippen molar-refractivity contribution in [2.24, 2.45) is 5.41 Å². The first kappa shape index (κ1) is 21.5. The van der Waals surface area contributed by atoms with Gasteiger partial charge in [-0.05, 0) is 57.0 Å². The Morgan fingerprint density at radius 1 is 1.07 bits per heavy atom. The van der Waals surface area contributed by atoms with Crippen LogP contribution >= 0.6 is 0 Å². The van der Waals surface area contributed by atoms with Crippen LogP contribution in [0.5, 0.6) is 0 Å². The second kappa shape index (κ2) is 7.23. The van der Waals surface area contributed by atoms with Gasteiger partial charge >= 0.3 is 0 Å². The third kappa shape index (κ3) is 4.22. The van der Waals surface area contributed by atoms with E-state index in [9.17, 15) is 21.6 Å². The Kier molecular flexibility index (Phi) is 5.35. The number of benzene rings is 2. The number of carbonyl (C=O) groups is 1. The largest absolute Gasteiger partial charge is 0.273 e. The average molecular weight is 437 g/mol. The summed E-state index contributed by atoms with van der Waals surface area (Å²) in [5.74, 6) is -0.805. The van der Waals surface area contributed by atoms with Crippen molar-refractivity contribution in [1.29, 1.82) is 0 Å². The van der Waals surface area contributed by atoms with Gasteiger partial charge in [0.25, 0.3) is 0 Å². The molecular weight excluding hydrogens is 412 g/mol. The minimum atomic E-state index is -3.81. The molecule has 9 heteroatoms. The molecule has 1 saturated heterocycles. The van der Waals surface area contributed by atoms with E-state index in [2.05, 4.69) is 4.72 Å². The van der Waals surface area contributed by atoms with Gasteiger partial charge in [0.15, 0.2) is 0 Å². The number of aryl methyl sites for hydroxylation is 2. The van der Waals surface area contributed by atoms with Gasteiger partial charge in [0, 0.05) is 6.54 Å². The average Bonchev–Trinajstić information content (AvgIpc) is 2.77. The van der Waals surface area contributed by atoms with Gasteiger partial charge in [-0.15, -0.1) is 0 Å². The smallest absolute Gasteiger partial charge is 0.247 e. The molecule has 0 unspecified atom stereocenters. The summed E-state index contributed by atoms with van der Waals surface area (Å²) < 4.78 is 53.6. The molecule has 2 aromatic rings. The van der Waals surface area contributed by atoms with Crippen LogP contribution in [0.3, 0.4) is 0 Å². The molecule has 2 aromatic carbocycles. The van der Waals surface area contributed by atoms with Crippen LogP contribution in [-0.2, 0) is 31.4 Å². The molecule has 0 aliphatic carbocycles. The molecule has 1 aliphatic rings. The highest BCUT2D eigenvalue weighted by molar-refractivity contribution is 7.94. The van der Waals surface area contributed by atoms with Gasteiger partial charge in [0.2, 0.25) is 26.0 Å². The van der Waals surface area contributed by atoms with Crippen molar-refractivity contribution in [3.63, 3.8) is 0 Å². The summed E-state index contributed by atoms with van der Waals surface area (Å²) in [6.07, 6.45) is 0. The lowest BCUT2D eigenvalue weighted by molar-refractivity contribution is -0.123. The number of amides is 1. The zero-order valence-electron chi connectivity index (χ0n) is 16.8. The molecule has 1 fully saturated rings. The number of nitrogens with zero attached hydrogens (tertiary/aromatic N) is 1. The second-order valence-electron chi connectivity index (χ2n) is 7.97. The summed E-state index contributed by atoms with van der Waals surface area (Å²) in [6, 6.07) is 11.6. The van der Waals surface area contributed by atoms with Crippen LogP contribution in [0.1, 0.15) is 30.5 Å². The summed E-state index contributed by atoms with van der Waals surface area (Å²) >= 11 is 0. The Bertz CT molecular complexity index is 1170. The Morgan fingerprint density at radius 2 is 1.69 bits per heavy atom. The predicted molar refractivity (Wildman–Crippen MR) is 111 cm³/mol. The topological polar surface area (TPSA) is 101 Å². The van der Waals surface area contributed by atoms with E-state index in [4.69, 9.17) is 0 Å². The summed E-state index contributed by atoms with van der Waals surface area (Å²) in [7, 11) is -7.60. The van der Waals surface area contributed by atoms with Crippen LogP contribution in [0.2, 0.25) is 0 Å². The monoisotopic (exact) mass is 436 g/mol. The van der Waals surface area contributed by atoms with Crippen LogP contribution in [0, 0.1) is 19.3 Å². The molecule has 0 atom stereocenters. The number of hydrogen-bond donors (Lipinski definition) is 1. The third-order valence-electron chi connectivity index (χ3n) is 4.85. The van der Waals surface area contributed by atoms with E-state index in [-0.39, 0.29) is 22.9 Å². The number of carbonyl (C=O) groups excluding carboxylic acids is 1. The van der Waals surface area contributed by atoms with E-state index in [1.165, 1.54) is 18.2 Å². The number of hydrogen-bond acceptors (Lipinski definition) is 5. The van der Waals surface area contributed by atoms with Crippen molar-refractivity contribution in [2.45, 2.75) is 39.1 Å². The standard InChI is InChI=1S/C20H24N2O5S2/c1-14-5-7-16(8-6-14)12-21-29(26,27)18-10-9-17(11-15(18)2)22-19(23)20(3,4)13-28(22,24)25/h5-11,21H,12-13H2,1-4H3. The summed E-state index contributed by atoms with van der Waals surface area (Å²) in [5, 5.41) is 0. The molecule has 29 heavy (non-hydrogen) atoms. The molecule has 3 rings (SSSR count). The lowest BCUT2D eigenvalue weighted by Gasteiger charge is -2.19. The molecule has 0 spiro atoms. The Labute approximate surface area is 171 Å². The molecule has 1 heterocycles. The minimum Gasteiger partial charge on any atom is -0.273 e. The van der Waals surface area contributed by atoms with Gasteiger partial charge in [-0.1, -0.05) is 29.8 Å². The van der Waals surface area contributed by atoms with Gasteiger partial charge in [0.05, 0.1) is 21.8 Å². The fourth-order valence-electron chi connectivity index (χ4n) is 3.28. The van der Waals surface area contributed by atoms with Crippen molar-refractivity contribution in [1.82, 2.24) is 4.72 Å². The maximum atomic E-state index is 12.7. The summed E-state index contributed by atoms with van der Waals surface area (Å²) in [4.78, 5) is 12.6. The van der Waals surface area contributed by atoms with E-state index in [1.54, 1.807) is 20.8 Å². The van der Waals surface area contributed by atoms with Gasteiger partial charge in [-0.3, -0.25) is 4.79 Å². The second-order valence-corrected chi connectivity index (χ2v) is 11.5. The molecule has 156 valence electrons. The summed E-state index contributed by atoms with van der Waals surface area (Å²) in [5.41, 5.74) is 1.39. The highest BCUT2D eigenvalue weighted by atomic mass is 32.2. The van der Waals surface area contributed by atoms with Crippen molar-refractivity contribution >= 4 is 31.6 Å². The maximum absolute atomic E-state index is 12.7. The van der Waals surface area contributed by atoms with Crippen LogP contribution in [0.4, 0.5) is 5.69 Å². The molecule has 0 aromatic heterocycles. The van der Waals surface area contributed by atoms with Gasteiger partial charge in [-0.25, -0.2) is 25.9 Å². The van der Waals surface area contributed by atoms with Crippen molar-refractivity contribution in [3.8, 4) is 0 Å². The van der Waals surface area contributed by atoms with Crippen molar-refractivity contribution in [2.75, 3.05) is 10.1 Å². The predicted octanol–water partition coefficient (Wildman–Crippen LogP) is 2.48. The number of rotatable bonds is 5. The first-order valence-corrected chi connectivity index (χ1v) is 12.2. The van der Waals surface area contributed by atoms with Crippen LogP contribution in [0.15, 0.2) is 47.4 Å². The highest BCUT2D eigenvalue weighted by Crippen LogP contribution is 2.36. The molecule has 0 radical (unpaired) electrons. The van der Waals surface area contributed by atoms with Crippen molar-refractivity contribution < 1.29 is 21.6 Å². The van der Waals surface area contributed by atoms with Gasteiger partial charge in [0.1, 0.15) is 0 Å². The molecule has 0 bridgehead atoms. The Morgan fingerprint density at radius 3 is 2.21 bits per heavy atom. The first-order chi connectivity index (χ1) is 13.3. The van der Waals surface area contributed by atoms with E-state index in [0.29, 0.717) is 5.56 Å². The van der Waals surface area contributed by atoms with Crippen LogP contribution in [0.25, 0.3) is 0 Å². The lowest BCUT2D eigenvalue weighted by atomic mass is 9.95. The third-order valence-corrected chi connectivity index (χ3v) is 8.44. The summed E-state index contributed by atoms with van der Waals surface area (Å²) in [6.45, 7) is 6.81. The minimum absolute atomic E-state index is 0.0386. The SMILES string of the molecule is Cc1ccc(CNS(=O)(=O)c2ccc(N3C(=O)C(C)(C)CS3(=O)=O)cc2C)cc1. The number of sulfonamides is 2. The molecule has 1 aliphatic heterocycles. The molecular formula is C20H24N2O5S2. The zero-order valence-corrected chi connectivity index (χ0v) is 18.4. The first-order valence-electron chi connectivity index (χ1n) is 9.07. The van der Waals surface area contributed by atoms with E-state index < -0.39 is 31.4 Å². The Balaban J connectivity index is 1.87. The van der Waals surface area contributed by atoms with Crippen molar-refractivity contribution in [3.05, 3.63) is 59.2 Å². The lowest BCUT2D eigenvalue weighted by Crippen LogP contribution is -2.33.